The highest BCUT2D eigenvalue weighted by atomic mass is 32.3. The molecule has 38 heavy (non-hydrogen) atoms. The lowest BCUT2D eigenvalue weighted by atomic mass is 9.90. The highest BCUT2D eigenvalue weighted by molar-refractivity contribution is 7.79. The molecule has 2 aromatic rings. The standard InChI is InChI=1S/C28H30N2O3.H2O4S/c1-5-29(6-2)19-13-15-23-25(17-19)33-26-18-20(30(7-3)8-4)14-16-24(26)27(23)21-11-9-10-12-22(21)28(31)32;1-5(2,3)4/h9-18H,5-8H2,1-4H3;(H2,1,2,3,4). The van der Waals surface area contributed by atoms with Crippen LogP contribution in [-0.4, -0.2) is 54.8 Å². The summed E-state index contributed by atoms with van der Waals surface area (Å²) < 4.78 is 41.6. The maximum absolute atomic E-state index is 12.1. The van der Waals surface area contributed by atoms with E-state index < -0.39 is 16.4 Å². The lowest BCUT2D eigenvalue weighted by molar-refractivity contribution is 0.0697. The fourth-order valence-corrected chi connectivity index (χ4v) is 4.62. The number of carboxylic acids is 1. The number of carboxylic acid groups (broad SMARTS) is 1. The summed E-state index contributed by atoms with van der Waals surface area (Å²) in [7, 11) is -4.92. The summed E-state index contributed by atoms with van der Waals surface area (Å²) in [6.07, 6.45) is 0. The quantitative estimate of drug-likeness (QED) is 0.151. The first-order valence-electron chi connectivity index (χ1n) is 12.4. The van der Waals surface area contributed by atoms with Crippen molar-refractivity contribution in [1.29, 1.82) is 0 Å². The van der Waals surface area contributed by atoms with Gasteiger partial charge in [-0.1, -0.05) is 18.2 Å². The van der Waals surface area contributed by atoms with Gasteiger partial charge in [-0.05, 0) is 57.5 Å². The Labute approximate surface area is 222 Å². The van der Waals surface area contributed by atoms with Gasteiger partial charge in [0.15, 0.2) is 0 Å². The smallest absolute Gasteiger partial charge is 0.336 e. The van der Waals surface area contributed by atoms with Crippen molar-refractivity contribution >= 4 is 33.0 Å². The molecule has 9 nitrogen and oxygen atoms in total. The topological polar surface area (TPSA) is 134 Å². The Kier molecular flexibility index (Phi) is 9.26. The molecule has 0 atom stereocenters. The molecule has 2 aliphatic rings. The maximum Gasteiger partial charge on any atom is 0.336 e. The van der Waals surface area contributed by atoms with Crippen molar-refractivity contribution in [3.63, 3.8) is 0 Å². The van der Waals surface area contributed by atoms with E-state index in [2.05, 4.69) is 73.6 Å². The van der Waals surface area contributed by atoms with Crippen LogP contribution in [0.15, 0.2) is 65.1 Å². The van der Waals surface area contributed by atoms with Crippen LogP contribution in [-0.2, 0) is 10.4 Å². The van der Waals surface area contributed by atoms with Crippen molar-refractivity contribution < 1.29 is 31.8 Å². The van der Waals surface area contributed by atoms with Crippen molar-refractivity contribution in [3.8, 4) is 22.5 Å². The van der Waals surface area contributed by atoms with Crippen LogP contribution in [0.2, 0.25) is 0 Å². The molecule has 0 fully saturated rings. The monoisotopic (exact) mass is 540 g/mol. The SMILES string of the molecule is CCN(CC)c1ccc2c(-c3ccccc3C(=O)O)c3ccc(=[N+](CC)CC)cc-3oc2c1.O=S(=O)([O-])O. The largest absolute Gasteiger partial charge is 0.726 e. The van der Waals surface area contributed by atoms with Gasteiger partial charge in [0.25, 0.3) is 0 Å². The average molecular weight is 541 g/mol. The van der Waals surface area contributed by atoms with Gasteiger partial charge in [-0.2, -0.15) is 0 Å². The van der Waals surface area contributed by atoms with E-state index in [0.717, 1.165) is 65.1 Å². The second kappa shape index (κ2) is 12.2. The number of anilines is 1. The molecule has 0 bridgehead atoms. The summed E-state index contributed by atoms with van der Waals surface area (Å²) in [5, 5.41) is 11.9. The number of hydrogen-bond acceptors (Lipinski definition) is 6. The summed E-state index contributed by atoms with van der Waals surface area (Å²) in [6.45, 7) is 12.1. The van der Waals surface area contributed by atoms with Crippen LogP contribution in [0.25, 0.3) is 33.4 Å². The molecule has 10 heteroatoms. The number of carbonyl (C=O) groups is 1. The van der Waals surface area contributed by atoms with Crippen LogP contribution in [0.4, 0.5) is 5.69 Å². The Morgan fingerprint density at radius 1 is 0.947 bits per heavy atom. The van der Waals surface area contributed by atoms with Crippen LogP contribution in [0.5, 0.6) is 0 Å². The third-order valence-electron chi connectivity index (χ3n) is 6.37. The van der Waals surface area contributed by atoms with Gasteiger partial charge >= 0.3 is 5.97 Å². The predicted molar refractivity (Wildman–Crippen MR) is 147 cm³/mol. The van der Waals surface area contributed by atoms with Crippen LogP contribution in [0.1, 0.15) is 38.1 Å². The van der Waals surface area contributed by atoms with Crippen molar-refractivity contribution in [2.24, 2.45) is 0 Å². The lowest BCUT2D eigenvalue weighted by Crippen LogP contribution is -2.29. The van der Waals surface area contributed by atoms with Crippen molar-refractivity contribution in [2.45, 2.75) is 27.7 Å². The molecular weight excluding hydrogens is 508 g/mol. The van der Waals surface area contributed by atoms with Crippen LogP contribution in [0, 0.1) is 0 Å². The minimum absolute atomic E-state index is 0.284. The highest BCUT2D eigenvalue weighted by Crippen LogP contribution is 2.42. The van der Waals surface area contributed by atoms with Gasteiger partial charge in [0, 0.05) is 47.4 Å². The van der Waals surface area contributed by atoms with Crippen molar-refractivity contribution in [1.82, 2.24) is 4.58 Å². The van der Waals surface area contributed by atoms with E-state index in [0.29, 0.717) is 5.56 Å². The molecule has 202 valence electrons. The summed E-state index contributed by atoms with van der Waals surface area (Å²) >= 11 is 0. The van der Waals surface area contributed by atoms with Crippen LogP contribution < -0.4 is 14.8 Å². The highest BCUT2D eigenvalue weighted by Gasteiger charge is 2.22. The van der Waals surface area contributed by atoms with E-state index in [-0.39, 0.29) is 5.56 Å². The third kappa shape index (κ3) is 6.58. The second-order valence-corrected chi connectivity index (χ2v) is 9.32. The number of nitrogens with zero attached hydrogens (tertiary/aromatic N) is 2. The first-order chi connectivity index (χ1) is 18.0. The van der Waals surface area contributed by atoms with Gasteiger partial charge in [0.2, 0.25) is 15.8 Å². The molecule has 4 rings (SSSR count). The molecule has 0 spiro atoms. The minimum Gasteiger partial charge on any atom is -0.726 e. The van der Waals surface area contributed by atoms with Gasteiger partial charge in [-0.15, -0.1) is 0 Å². The van der Waals surface area contributed by atoms with Crippen molar-refractivity contribution in [2.75, 3.05) is 31.1 Å². The van der Waals surface area contributed by atoms with Crippen molar-refractivity contribution in [3.05, 3.63) is 71.6 Å². The molecular formula is C28H32N2O7S. The van der Waals surface area contributed by atoms with E-state index >= 15 is 0 Å². The first-order valence-corrected chi connectivity index (χ1v) is 13.7. The summed E-state index contributed by atoms with van der Waals surface area (Å²) in [4.78, 5) is 14.3. The fourth-order valence-electron chi connectivity index (χ4n) is 4.62. The Bertz CT molecular complexity index is 1570. The minimum atomic E-state index is -4.92. The zero-order valence-corrected chi connectivity index (χ0v) is 22.7. The molecule has 0 aromatic heterocycles. The summed E-state index contributed by atoms with van der Waals surface area (Å²) in [5.41, 5.74) is 4.62. The number of hydrogen-bond donors (Lipinski definition) is 2. The first kappa shape index (κ1) is 28.8. The molecule has 1 heterocycles. The van der Waals surface area contributed by atoms with E-state index in [1.54, 1.807) is 12.1 Å². The zero-order chi connectivity index (χ0) is 28.0. The molecule has 1 aliphatic carbocycles. The Hall–Kier alpha value is -3.73. The molecule has 0 amide bonds. The Morgan fingerprint density at radius 2 is 1.58 bits per heavy atom. The summed E-state index contributed by atoms with van der Waals surface area (Å²) in [6, 6.07) is 19.6. The number of rotatable bonds is 7. The third-order valence-corrected chi connectivity index (χ3v) is 6.37. The van der Waals surface area contributed by atoms with Gasteiger partial charge in [0.05, 0.1) is 11.6 Å². The molecule has 0 unspecified atom stereocenters. The Morgan fingerprint density at radius 3 is 2.16 bits per heavy atom. The molecule has 2 aromatic carbocycles. The van der Waals surface area contributed by atoms with Gasteiger partial charge in [-0.25, -0.2) is 17.8 Å². The summed E-state index contributed by atoms with van der Waals surface area (Å²) in [5.74, 6) is -0.189. The number of benzene rings is 3. The second-order valence-electron chi connectivity index (χ2n) is 8.46. The van der Waals surface area contributed by atoms with E-state index in [1.807, 2.05) is 12.1 Å². The Balaban J connectivity index is 0.000000732. The van der Waals surface area contributed by atoms with Gasteiger partial charge in [0.1, 0.15) is 24.4 Å². The normalized spacial score (nSPS) is 11.2. The lowest BCUT2D eigenvalue weighted by Gasteiger charge is -2.22. The van der Waals surface area contributed by atoms with E-state index in [9.17, 15) is 9.90 Å². The molecule has 2 N–H and O–H groups in total. The van der Waals surface area contributed by atoms with E-state index in [1.165, 1.54) is 0 Å². The van der Waals surface area contributed by atoms with Crippen LogP contribution in [0.3, 0.4) is 0 Å². The van der Waals surface area contributed by atoms with Crippen LogP contribution >= 0.6 is 0 Å². The zero-order valence-electron chi connectivity index (χ0n) is 21.8. The molecule has 0 saturated carbocycles. The van der Waals surface area contributed by atoms with Gasteiger partial charge in [-0.3, -0.25) is 4.55 Å². The fraction of sp³-hybridized carbons (Fsp3) is 0.286. The molecule has 0 saturated heterocycles. The van der Waals surface area contributed by atoms with E-state index in [4.69, 9.17) is 21.9 Å². The number of fused-ring (bicyclic) bond motifs is 2. The molecule has 0 radical (unpaired) electrons. The van der Waals surface area contributed by atoms with Gasteiger partial charge < -0.3 is 19.0 Å². The predicted octanol–water partition coefficient (Wildman–Crippen LogP) is 4.57. The maximum atomic E-state index is 12.1. The number of aromatic carboxylic acids is 1. The average Bonchev–Trinajstić information content (AvgIpc) is 2.87. The molecule has 1 aliphatic heterocycles.